The van der Waals surface area contributed by atoms with Gasteiger partial charge in [0, 0.05) is 25.4 Å². The van der Waals surface area contributed by atoms with Gasteiger partial charge in [0.2, 0.25) is 5.91 Å². The van der Waals surface area contributed by atoms with Crippen LogP contribution in [0.1, 0.15) is 38.5 Å². The van der Waals surface area contributed by atoms with Gasteiger partial charge in [-0.2, -0.15) is 0 Å². The molecule has 4 N–H and O–H groups in total. The van der Waals surface area contributed by atoms with Crippen LogP contribution < -0.4 is 11.3 Å². The number of aliphatic hydroxyl groups excluding tert-OH is 1. The molecule has 2 fully saturated rings. The average molecular weight is 255 g/mol. The van der Waals surface area contributed by atoms with E-state index in [0.29, 0.717) is 12.3 Å². The molecule has 2 aliphatic rings. The van der Waals surface area contributed by atoms with E-state index >= 15 is 0 Å². The number of hydrogen-bond acceptors (Lipinski definition) is 4. The number of carbonyl (C=O) groups is 1. The molecule has 0 spiro atoms. The molecular formula is C13H25N3O2. The fraction of sp³-hybridized carbons (Fsp3) is 0.923. The lowest BCUT2D eigenvalue weighted by atomic mass is 10.00. The van der Waals surface area contributed by atoms with E-state index in [-0.39, 0.29) is 12.0 Å². The summed E-state index contributed by atoms with van der Waals surface area (Å²) in [5.41, 5.74) is 2.15. The zero-order valence-corrected chi connectivity index (χ0v) is 11.0. The summed E-state index contributed by atoms with van der Waals surface area (Å²) in [4.78, 5) is 13.4. The molecular weight excluding hydrogens is 230 g/mol. The van der Waals surface area contributed by atoms with Crippen molar-refractivity contribution in [2.45, 2.75) is 44.6 Å². The minimum Gasteiger partial charge on any atom is -0.393 e. The third-order valence-electron chi connectivity index (χ3n) is 4.43. The molecule has 3 unspecified atom stereocenters. The molecule has 1 saturated carbocycles. The van der Waals surface area contributed by atoms with Gasteiger partial charge in [-0.25, -0.2) is 5.84 Å². The molecule has 0 bridgehead atoms. The van der Waals surface area contributed by atoms with Crippen LogP contribution in [0.25, 0.3) is 0 Å². The van der Waals surface area contributed by atoms with Crippen molar-refractivity contribution < 1.29 is 9.90 Å². The van der Waals surface area contributed by atoms with E-state index in [0.717, 1.165) is 51.2 Å². The number of unbranched alkanes of at least 4 members (excludes halogenated alkanes) is 2. The molecule has 18 heavy (non-hydrogen) atoms. The van der Waals surface area contributed by atoms with Gasteiger partial charge in [-0.05, 0) is 38.1 Å². The Morgan fingerprint density at radius 3 is 2.83 bits per heavy atom. The monoisotopic (exact) mass is 255 g/mol. The standard InChI is InChI=1S/C13H25N3O2/c14-15-13(18)4-2-1-3-7-16-8-10-5-6-12(17)11(10)9-16/h10-12,17H,1-9,14H2,(H,15,18). The summed E-state index contributed by atoms with van der Waals surface area (Å²) in [5, 5.41) is 9.83. The highest BCUT2D eigenvalue weighted by Gasteiger charge is 2.41. The predicted molar refractivity (Wildman–Crippen MR) is 69.5 cm³/mol. The van der Waals surface area contributed by atoms with Crippen molar-refractivity contribution >= 4 is 5.91 Å². The summed E-state index contributed by atoms with van der Waals surface area (Å²) in [6, 6.07) is 0. The molecule has 1 amide bonds. The molecule has 1 aliphatic carbocycles. The van der Waals surface area contributed by atoms with Crippen molar-refractivity contribution in [3.05, 3.63) is 0 Å². The largest absolute Gasteiger partial charge is 0.393 e. The van der Waals surface area contributed by atoms with Crippen LogP contribution in [0.15, 0.2) is 0 Å². The van der Waals surface area contributed by atoms with Gasteiger partial charge in [0.25, 0.3) is 0 Å². The van der Waals surface area contributed by atoms with E-state index in [9.17, 15) is 9.90 Å². The highest BCUT2D eigenvalue weighted by molar-refractivity contribution is 5.74. The second-order valence-corrected chi connectivity index (χ2v) is 5.71. The van der Waals surface area contributed by atoms with Crippen LogP contribution in [0.2, 0.25) is 0 Å². The SMILES string of the molecule is NNC(=O)CCCCCN1CC2CCC(O)C2C1. The van der Waals surface area contributed by atoms with Gasteiger partial charge in [-0.1, -0.05) is 6.42 Å². The predicted octanol–water partition coefficient (Wildman–Crippen LogP) is 0.239. The van der Waals surface area contributed by atoms with Crippen LogP contribution >= 0.6 is 0 Å². The highest BCUT2D eigenvalue weighted by atomic mass is 16.3. The topological polar surface area (TPSA) is 78.6 Å². The normalized spacial score (nSPS) is 31.6. The Labute approximate surface area is 109 Å². The zero-order chi connectivity index (χ0) is 13.0. The maximum absolute atomic E-state index is 10.9. The molecule has 5 heteroatoms. The van der Waals surface area contributed by atoms with Gasteiger partial charge in [0.05, 0.1) is 6.10 Å². The summed E-state index contributed by atoms with van der Waals surface area (Å²) in [6.07, 6.45) is 5.77. The number of amides is 1. The number of carbonyl (C=O) groups excluding carboxylic acids is 1. The summed E-state index contributed by atoms with van der Waals surface area (Å²) in [6.45, 7) is 3.32. The van der Waals surface area contributed by atoms with E-state index < -0.39 is 0 Å². The molecule has 0 radical (unpaired) electrons. The molecule has 0 aromatic carbocycles. The lowest BCUT2D eigenvalue weighted by molar-refractivity contribution is -0.121. The van der Waals surface area contributed by atoms with Crippen LogP contribution in [0.3, 0.4) is 0 Å². The first-order valence-electron chi connectivity index (χ1n) is 7.10. The van der Waals surface area contributed by atoms with Gasteiger partial charge in [0.15, 0.2) is 0 Å². The number of nitrogens with zero attached hydrogens (tertiary/aromatic N) is 1. The quantitative estimate of drug-likeness (QED) is 0.275. The van der Waals surface area contributed by atoms with Gasteiger partial charge >= 0.3 is 0 Å². The first-order chi connectivity index (χ1) is 8.70. The molecule has 3 atom stereocenters. The Morgan fingerprint density at radius 2 is 2.11 bits per heavy atom. The number of aliphatic hydroxyl groups is 1. The first-order valence-corrected chi connectivity index (χ1v) is 7.10. The van der Waals surface area contributed by atoms with E-state index in [4.69, 9.17) is 5.84 Å². The molecule has 5 nitrogen and oxygen atoms in total. The van der Waals surface area contributed by atoms with Gasteiger partial charge in [-0.15, -0.1) is 0 Å². The molecule has 1 heterocycles. The number of nitrogens with one attached hydrogen (secondary N) is 1. The third kappa shape index (κ3) is 3.43. The fourth-order valence-corrected chi connectivity index (χ4v) is 3.38. The minimum absolute atomic E-state index is 0.0618. The maximum Gasteiger partial charge on any atom is 0.233 e. The second kappa shape index (κ2) is 6.50. The summed E-state index contributed by atoms with van der Waals surface area (Å²) < 4.78 is 0. The van der Waals surface area contributed by atoms with Crippen molar-refractivity contribution in [1.29, 1.82) is 0 Å². The number of fused-ring (bicyclic) bond motifs is 1. The average Bonchev–Trinajstić information content (AvgIpc) is 2.91. The Balaban J connectivity index is 1.55. The molecule has 1 aliphatic heterocycles. The minimum atomic E-state index is -0.0752. The number of nitrogens with two attached hydrogens (primary N) is 1. The Hall–Kier alpha value is -0.650. The molecule has 1 saturated heterocycles. The van der Waals surface area contributed by atoms with E-state index in [2.05, 4.69) is 10.3 Å². The van der Waals surface area contributed by atoms with Crippen molar-refractivity contribution in [3.63, 3.8) is 0 Å². The molecule has 0 aromatic heterocycles. The van der Waals surface area contributed by atoms with E-state index in [1.165, 1.54) is 6.42 Å². The van der Waals surface area contributed by atoms with Crippen LogP contribution in [-0.4, -0.2) is 41.7 Å². The van der Waals surface area contributed by atoms with E-state index in [1.54, 1.807) is 0 Å². The maximum atomic E-state index is 10.9. The van der Waals surface area contributed by atoms with Crippen LogP contribution in [-0.2, 0) is 4.79 Å². The van der Waals surface area contributed by atoms with Gasteiger partial charge in [0.1, 0.15) is 0 Å². The second-order valence-electron chi connectivity index (χ2n) is 5.71. The molecule has 0 aromatic rings. The van der Waals surface area contributed by atoms with Gasteiger partial charge in [-0.3, -0.25) is 10.2 Å². The highest BCUT2D eigenvalue weighted by Crippen LogP contribution is 2.37. The number of hydrazine groups is 1. The summed E-state index contributed by atoms with van der Waals surface area (Å²) >= 11 is 0. The van der Waals surface area contributed by atoms with Crippen LogP contribution in [0, 0.1) is 11.8 Å². The third-order valence-corrected chi connectivity index (χ3v) is 4.43. The summed E-state index contributed by atoms with van der Waals surface area (Å²) in [7, 11) is 0. The fourth-order valence-electron chi connectivity index (χ4n) is 3.38. The number of hydrogen-bond donors (Lipinski definition) is 3. The van der Waals surface area contributed by atoms with Crippen LogP contribution in [0.4, 0.5) is 0 Å². The smallest absolute Gasteiger partial charge is 0.233 e. The number of likely N-dealkylation sites (tertiary alicyclic amines) is 1. The zero-order valence-electron chi connectivity index (χ0n) is 11.0. The van der Waals surface area contributed by atoms with Crippen molar-refractivity contribution in [1.82, 2.24) is 10.3 Å². The van der Waals surface area contributed by atoms with Gasteiger partial charge < -0.3 is 10.0 Å². The van der Waals surface area contributed by atoms with Crippen molar-refractivity contribution in [2.75, 3.05) is 19.6 Å². The lowest BCUT2D eigenvalue weighted by Gasteiger charge is -2.17. The Bertz CT molecular complexity index is 285. The van der Waals surface area contributed by atoms with Crippen LogP contribution in [0.5, 0.6) is 0 Å². The van der Waals surface area contributed by atoms with Crippen molar-refractivity contribution in [3.8, 4) is 0 Å². The first kappa shape index (κ1) is 13.8. The Kier molecular flexibility index (Phi) is 4.97. The lowest BCUT2D eigenvalue weighted by Crippen LogP contribution is -2.29. The van der Waals surface area contributed by atoms with E-state index in [1.807, 2.05) is 0 Å². The van der Waals surface area contributed by atoms with Crippen molar-refractivity contribution in [2.24, 2.45) is 17.7 Å². The molecule has 104 valence electrons. The number of rotatable bonds is 6. The summed E-state index contributed by atoms with van der Waals surface area (Å²) in [5.74, 6) is 6.19. The Morgan fingerprint density at radius 1 is 1.28 bits per heavy atom. The molecule has 2 rings (SSSR count).